The minimum absolute atomic E-state index is 0.185. The molecule has 0 unspecified atom stereocenters. The molecule has 0 radical (unpaired) electrons. The molecule has 0 aromatic heterocycles. The Morgan fingerprint density at radius 2 is 1.83 bits per heavy atom. The molecule has 5 heteroatoms. The van der Waals surface area contributed by atoms with Crippen LogP contribution in [0.25, 0.3) is 0 Å². The lowest BCUT2D eigenvalue weighted by Crippen LogP contribution is -2.32. The number of ether oxygens (including phenoxy) is 3. The average Bonchev–Trinajstić information content (AvgIpc) is 2.99. The maximum Gasteiger partial charge on any atom is 0.265 e. The Kier molecular flexibility index (Phi) is 4.60. The van der Waals surface area contributed by atoms with Gasteiger partial charge in [-0.25, -0.2) is 0 Å². The lowest BCUT2D eigenvalue weighted by Gasteiger charge is -2.18. The van der Waals surface area contributed by atoms with E-state index in [1.165, 1.54) is 0 Å². The Hall–Kier alpha value is -2.69. The summed E-state index contributed by atoms with van der Waals surface area (Å²) in [5.74, 6) is 1.85. The van der Waals surface area contributed by atoms with Gasteiger partial charge in [0.2, 0.25) is 6.79 Å². The highest BCUT2D eigenvalue weighted by Crippen LogP contribution is 2.34. The highest BCUT2D eigenvalue weighted by Gasteiger charge is 2.20. The third-order valence-electron chi connectivity index (χ3n) is 3.78. The van der Waals surface area contributed by atoms with Crippen molar-refractivity contribution in [1.82, 2.24) is 0 Å². The third kappa shape index (κ3) is 3.62. The SMILES string of the molecule is CC[C@H](Oc1cc(C)cc(C)c1)C(=O)Nc1ccc2c(c1)OCO2. The van der Waals surface area contributed by atoms with E-state index in [-0.39, 0.29) is 12.7 Å². The van der Waals surface area contributed by atoms with Crippen LogP contribution in [0.2, 0.25) is 0 Å². The van der Waals surface area contributed by atoms with E-state index in [4.69, 9.17) is 14.2 Å². The first-order valence-electron chi connectivity index (χ1n) is 8.00. The minimum atomic E-state index is -0.559. The van der Waals surface area contributed by atoms with Crippen molar-refractivity contribution in [2.75, 3.05) is 12.1 Å². The number of benzene rings is 2. The quantitative estimate of drug-likeness (QED) is 0.907. The molecule has 1 atom stereocenters. The number of rotatable bonds is 5. The van der Waals surface area contributed by atoms with Gasteiger partial charge in [-0.3, -0.25) is 4.79 Å². The number of carbonyl (C=O) groups excluding carboxylic acids is 1. The maximum atomic E-state index is 12.5. The van der Waals surface area contributed by atoms with E-state index in [0.717, 1.165) is 11.1 Å². The van der Waals surface area contributed by atoms with Crippen molar-refractivity contribution in [2.45, 2.75) is 33.3 Å². The summed E-state index contributed by atoms with van der Waals surface area (Å²) in [7, 11) is 0. The molecular weight excluding hydrogens is 306 g/mol. The van der Waals surface area contributed by atoms with Crippen molar-refractivity contribution in [2.24, 2.45) is 0 Å². The van der Waals surface area contributed by atoms with Crippen LogP contribution in [0.3, 0.4) is 0 Å². The van der Waals surface area contributed by atoms with Crippen LogP contribution in [0.4, 0.5) is 5.69 Å². The number of carbonyl (C=O) groups is 1. The number of hydrogen-bond acceptors (Lipinski definition) is 4. The Morgan fingerprint density at radius 1 is 1.12 bits per heavy atom. The van der Waals surface area contributed by atoms with Crippen molar-refractivity contribution >= 4 is 11.6 Å². The number of nitrogens with one attached hydrogen (secondary N) is 1. The van der Waals surface area contributed by atoms with E-state index in [0.29, 0.717) is 29.4 Å². The van der Waals surface area contributed by atoms with Gasteiger partial charge >= 0.3 is 0 Å². The number of amides is 1. The number of anilines is 1. The molecule has 2 aromatic rings. The number of fused-ring (bicyclic) bond motifs is 1. The van der Waals surface area contributed by atoms with Gasteiger partial charge in [0.05, 0.1) is 0 Å². The molecule has 5 nitrogen and oxygen atoms in total. The van der Waals surface area contributed by atoms with Crippen LogP contribution < -0.4 is 19.5 Å². The van der Waals surface area contributed by atoms with Gasteiger partial charge in [-0.15, -0.1) is 0 Å². The molecule has 2 aromatic carbocycles. The van der Waals surface area contributed by atoms with Crippen LogP contribution in [0.5, 0.6) is 17.2 Å². The van der Waals surface area contributed by atoms with Crippen LogP contribution in [0.1, 0.15) is 24.5 Å². The summed E-state index contributed by atoms with van der Waals surface area (Å²) in [6, 6.07) is 11.3. The smallest absolute Gasteiger partial charge is 0.265 e. The van der Waals surface area contributed by atoms with Gasteiger partial charge in [-0.1, -0.05) is 13.0 Å². The van der Waals surface area contributed by atoms with Gasteiger partial charge in [-0.05, 0) is 55.7 Å². The van der Waals surface area contributed by atoms with Gasteiger partial charge in [0.15, 0.2) is 17.6 Å². The Morgan fingerprint density at radius 3 is 2.54 bits per heavy atom. The van der Waals surface area contributed by atoms with Gasteiger partial charge < -0.3 is 19.5 Å². The predicted octanol–water partition coefficient (Wildman–Crippen LogP) is 3.83. The molecule has 0 fully saturated rings. The highest BCUT2D eigenvalue weighted by molar-refractivity contribution is 5.94. The molecule has 1 N–H and O–H groups in total. The second-order valence-corrected chi connectivity index (χ2v) is 5.90. The summed E-state index contributed by atoms with van der Waals surface area (Å²) in [5.41, 5.74) is 2.87. The molecule has 0 spiro atoms. The normalized spacial score (nSPS) is 13.5. The molecule has 0 saturated carbocycles. The van der Waals surface area contributed by atoms with Crippen LogP contribution in [-0.2, 0) is 4.79 Å². The summed E-state index contributed by atoms with van der Waals surface area (Å²) < 4.78 is 16.5. The zero-order valence-corrected chi connectivity index (χ0v) is 14.1. The first-order valence-corrected chi connectivity index (χ1v) is 8.00. The summed E-state index contributed by atoms with van der Waals surface area (Å²) in [4.78, 5) is 12.5. The molecule has 0 aliphatic carbocycles. The first kappa shape index (κ1) is 16.2. The van der Waals surface area contributed by atoms with E-state index in [1.807, 2.05) is 32.9 Å². The Labute approximate surface area is 141 Å². The van der Waals surface area contributed by atoms with Crippen LogP contribution >= 0.6 is 0 Å². The summed E-state index contributed by atoms with van der Waals surface area (Å²) in [5, 5.41) is 2.87. The second kappa shape index (κ2) is 6.83. The molecule has 0 bridgehead atoms. The molecule has 1 aliphatic heterocycles. The minimum Gasteiger partial charge on any atom is -0.481 e. The molecule has 1 aliphatic rings. The van der Waals surface area contributed by atoms with E-state index >= 15 is 0 Å². The maximum absolute atomic E-state index is 12.5. The van der Waals surface area contributed by atoms with Crippen LogP contribution in [-0.4, -0.2) is 18.8 Å². The van der Waals surface area contributed by atoms with E-state index in [2.05, 4.69) is 11.4 Å². The number of hydrogen-bond donors (Lipinski definition) is 1. The molecule has 0 saturated heterocycles. The summed E-state index contributed by atoms with van der Waals surface area (Å²) in [6.07, 6.45) is 0.0141. The van der Waals surface area contributed by atoms with Crippen LogP contribution in [0, 0.1) is 13.8 Å². The average molecular weight is 327 g/mol. The van der Waals surface area contributed by atoms with E-state index in [9.17, 15) is 4.79 Å². The van der Waals surface area contributed by atoms with Gasteiger partial charge in [0.1, 0.15) is 5.75 Å². The van der Waals surface area contributed by atoms with Crippen LogP contribution in [0.15, 0.2) is 36.4 Å². The molecular formula is C19H21NO4. The van der Waals surface area contributed by atoms with E-state index < -0.39 is 6.10 Å². The first-order chi connectivity index (χ1) is 11.5. The monoisotopic (exact) mass is 327 g/mol. The van der Waals surface area contributed by atoms with Gasteiger partial charge in [0.25, 0.3) is 5.91 Å². The van der Waals surface area contributed by atoms with Gasteiger partial charge in [-0.2, -0.15) is 0 Å². The Bertz CT molecular complexity index is 737. The fourth-order valence-corrected chi connectivity index (χ4v) is 2.68. The largest absolute Gasteiger partial charge is 0.481 e. The van der Waals surface area contributed by atoms with E-state index in [1.54, 1.807) is 18.2 Å². The lowest BCUT2D eigenvalue weighted by molar-refractivity contribution is -0.122. The molecule has 24 heavy (non-hydrogen) atoms. The standard InChI is InChI=1S/C19H21NO4/c1-4-16(24-15-8-12(2)7-13(3)9-15)19(21)20-14-5-6-17-18(10-14)23-11-22-17/h5-10,16H,4,11H2,1-3H3,(H,20,21)/t16-/m0/s1. The van der Waals surface area contributed by atoms with Gasteiger partial charge in [0, 0.05) is 11.8 Å². The topological polar surface area (TPSA) is 56.8 Å². The lowest BCUT2D eigenvalue weighted by atomic mass is 10.1. The van der Waals surface area contributed by atoms with Crippen molar-refractivity contribution in [3.05, 3.63) is 47.5 Å². The fourth-order valence-electron chi connectivity index (χ4n) is 2.68. The van der Waals surface area contributed by atoms with Crippen molar-refractivity contribution < 1.29 is 19.0 Å². The molecule has 3 rings (SSSR count). The molecule has 1 amide bonds. The van der Waals surface area contributed by atoms with Crippen molar-refractivity contribution in [1.29, 1.82) is 0 Å². The van der Waals surface area contributed by atoms with Crippen molar-refractivity contribution in [3.8, 4) is 17.2 Å². The predicted molar refractivity (Wildman–Crippen MR) is 91.8 cm³/mol. The summed E-state index contributed by atoms with van der Waals surface area (Å²) >= 11 is 0. The number of aryl methyl sites for hydroxylation is 2. The zero-order valence-electron chi connectivity index (χ0n) is 14.1. The fraction of sp³-hybridized carbons (Fsp3) is 0.316. The summed E-state index contributed by atoms with van der Waals surface area (Å²) in [6.45, 7) is 6.15. The van der Waals surface area contributed by atoms with Crippen molar-refractivity contribution in [3.63, 3.8) is 0 Å². The second-order valence-electron chi connectivity index (χ2n) is 5.90. The Balaban J connectivity index is 1.69. The molecule has 126 valence electrons. The molecule has 1 heterocycles. The highest BCUT2D eigenvalue weighted by atomic mass is 16.7. The third-order valence-corrected chi connectivity index (χ3v) is 3.78. The zero-order chi connectivity index (χ0) is 17.1.